The first-order chi connectivity index (χ1) is 11.0. The monoisotopic (exact) mass is 345 g/mol. The van der Waals surface area contributed by atoms with Gasteiger partial charge in [0.15, 0.2) is 11.3 Å². The predicted octanol–water partition coefficient (Wildman–Crippen LogP) is 1.65. The van der Waals surface area contributed by atoms with Crippen LogP contribution >= 0.6 is 11.6 Å². The zero-order valence-corrected chi connectivity index (χ0v) is 13.7. The lowest BCUT2D eigenvalue weighted by Crippen LogP contribution is -2.46. The third kappa shape index (κ3) is 7.22. The van der Waals surface area contributed by atoms with Gasteiger partial charge < -0.3 is 14.4 Å². The molecule has 0 fully saturated rings. The van der Waals surface area contributed by atoms with Crippen molar-refractivity contribution < 1.29 is 14.5 Å². The van der Waals surface area contributed by atoms with E-state index >= 15 is 0 Å². The molecule has 0 aromatic carbocycles. The van der Waals surface area contributed by atoms with Crippen molar-refractivity contribution in [1.29, 1.82) is 5.41 Å². The van der Waals surface area contributed by atoms with Gasteiger partial charge in [-0.3, -0.25) is 5.41 Å². The van der Waals surface area contributed by atoms with Crippen molar-refractivity contribution in [2.24, 2.45) is 0 Å². The highest BCUT2D eigenvalue weighted by Crippen LogP contribution is 2.10. The van der Waals surface area contributed by atoms with Gasteiger partial charge in [0.1, 0.15) is 5.15 Å². The van der Waals surface area contributed by atoms with Crippen LogP contribution in [-0.2, 0) is 16.0 Å². The maximum atomic E-state index is 10.6. The van der Waals surface area contributed by atoms with Crippen LogP contribution in [0.15, 0.2) is 18.3 Å². The van der Waals surface area contributed by atoms with Crippen LogP contribution in [0.5, 0.6) is 0 Å². The van der Waals surface area contributed by atoms with E-state index in [1.54, 1.807) is 18.3 Å². The molecule has 1 rings (SSSR count). The Labute approximate surface area is 139 Å². The third-order valence-corrected chi connectivity index (χ3v) is 2.97. The van der Waals surface area contributed by atoms with E-state index in [0.717, 1.165) is 5.56 Å². The Balaban J connectivity index is 2.84. The number of guanidine groups is 1. The molecule has 0 atom stereocenters. The normalized spacial score (nSPS) is 10.6. The summed E-state index contributed by atoms with van der Waals surface area (Å²) >= 11 is 5.74. The van der Waals surface area contributed by atoms with Crippen LogP contribution in [-0.4, -0.2) is 46.9 Å². The first-order valence-corrected chi connectivity index (χ1v) is 7.42. The van der Waals surface area contributed by atoms with Crippen molar-refractivity contribution in [1.82, 2.24) is 15.3 Å². The number of nitrogens with zero attached hydrogens (tertiary/aromatic N) is 3. The summed E-state index contributed by atoms with van der Waals surface area (Å²) in [6.45, 7) is 4.87. The number of ether oxygens (including phenoxy) is 2. The molecule has 128 valence electrons. The molecule has 0 amide bonds. The number of hydrazine groups is 1. The van der Waals surface area contributed by atoms with Gasteiger partial charge in [-0.2, -0.15) is 0 Å². The molecule has 0 aliphatic heterocycles. The summed E-state index contributed by atoms with van der Waals surface area (Å²) in [5.74, 6) is -0.366. The molecule has 0 aliphatic rings. The van der Waals surface area contributed by atoms with Crippen LogP contribution in [0.3, 0.4) is 0 Å². The molecule has 10 heteroatoms. The molecule has 0 radical (unpaired) electrons. The first kappa shape index (κ1) is 19.1. The lowest BCUT2D eigenvalue weighted by atomic mass is 10.2. The molecule has 1 heterocycles. The van der Waals surface area contributed by atoms with Gasteiger partial charge in [0.05, 0.1) is 6.54 Å². The second kappa shape index (κ2) is 9.93. The van der Waals surface area contributed by atoms with E-state index in [9.17, 15) is 10.1 Å². The summed E-state index contributed by atoms with van der Waals surface area (Å²) < 4.78 is 10.9. The highest BCUT2D eigenvalue weighted by atomic mass is 35.5. The quantitative estimate of drug-likeness (QED) is 0.175. The molecule has 1 aromatic heterocycles. The minimum absolute atomic E-state index is 0.157. The molecule has 23 heavy (non-hydrogen) atoms. The summed E-state index contributed by atoms with van der Waals surface area (Å²) in [5.41, 5.74) is 2.58. The highest BCUT2D eigenvalue weighted by Gasteiger charge is 2.20. The Kier molecular flexibility index (Phi) is 8.23. The maximum absolute atomic E-state index is 10.6. The minimum atomic E-state index is -0.786. The van der Waals surface area contributed by atoms with E-state index < -0.39 is 11.3 Å². The van der Waals surface area contributed by atoms with Crippen molar-refractivity contribution in [3.05, 3.63) is 39.2 Å². The van der Waals surface area contributed by atoms with Gasteiger partial charge in [0, 0.05) is 26.0 Å². The standard InChI is InChI=1S/C13H20ClN5O4/c1-3-22-12(23-4-2)9-18(13(15)17-19(20)21)8-10-5-6-11(14)16-7-10/h5-7,12H,3-4,8-9H2,1-2H3,(H2,15,17). The predicted molar refractivity (Wildman–Crippen MR) is 84.6 cm³/mol. The van der Waals surface area contributed by atoms with E-state index in [4.69, 9.17) is 26.5 Å². The van der Waals surface area contributed by atoms with Gasteiger partial charge in [-0.15, -0.1) is 0 Å². The Bertz CT molecular complexity index is 508. The van der Waals surface area contributed by atoms with Gasteiger partial charge in [0.25, 0.3) is 5.96 Å². The molecule has 0 bridgehead atoms. The Morgan fingerprint density at radius 1 is 1.48 bits per heavy atom. The molecular weight excluding hydrogens is 326 g/mol. The van der Waals surface area contributed by atoms with E-state index in [1.807, 2.05) is 19.3 Å². The van der Waals surface area contributed by atoms with Crippen LogP contribution in [0.25, 0.3) is 0 Å². The Morgan fingerprint density at radius 3 is 2.61 bits per heavy atom. The van der Waals surface area contributed by atoms with E-state index in [0.29, 0.717) is 18.4 Å². The summed E-state index contributed by atoms with van der Waals surface area (Å²) in [4.78, 5) is 16.0. The minimum Gasteiger partial charge on any atom is -0.351 e. The van der Waals surface area contributed by atoms with Crippen molar-refractivity contribution in [2.45, 2.75) is 26.7 Å². The zero-order valence-electron chi connectivity index (χ0n) is 13.0. The molecule has 0 spiro atoms. The fraction of sp³-hybridized carbons (Fsp3) is 0.538. The number of hydrogen-bond acceptors (Lipinski definition) is 6. The second-order valence-electron chi connectivity index (χ2n) is 4.43. The largest absolute Gasteiger partial charge is 0.351 e. The SMILES string of the molecule is CCOC(CN(Cc1ccc(Cl)nc1)C(=N)N[N+](=O)[O-])OCC. The van der Waals surface area contributed by atoms with Crippen molar-refractivity contribution in [2.75, 3.05) is 19.8 Å². The Morgan fingerprint density at radius 2 is 2.13 bits per heavy atom. The number of pyridine rings is 1. The Hall–Kier alpha value is -1.97. The topological polar surface area (TPSA) is 114 Å². The van der Waals surface area contributed by atoms with Crippen molar-refractivity contribution in [3.63, 3.8) is 0 Å². The van der Waals surface area contributed by atoms with Gasteiger partial charge >= 0.3 is 0 Å². The molecular formula is C13H20ClN5O4. The summed E-state index contributed by atoms with van der Waals surface area (Å²) in [6.07, 6.45) is 0.949. The fourth-order valence-corrected chi connectivity index (χ4v) is 1.93. The number of nitro groups is 1. The number of hydrogen-bond donors (Lipinski definition) is 2. The summed E-state index contributed by atoms with van der Waals surface area (Å²) in [7, 11) is 0. The number of halogens is 1. The molecule has 0 unspecified atom stereocenters. The average Bonchev–Trinajstić information content (AvgIpc) is 2.48. The maximum Gasteiger partial charge on any atom is 0.254 e. The molecule has 0 saturated carbocycles. The molecule has 0 saturated heterocycles. The van der Waals surface area contributed by atoms with Crippen LogP contribution in [0, 0.1) is 15.5 Å². The molecule has 2 N–H and O–H groups in total. The van der Waals surface area contributed by atoms with Crippen LogP contribution in [0.1, 0.15) is 19.4 Å². The molecule has 9 nitrogen and oxygen atoms in total. The summed E-state index contributed by atoms with van der Waals surface area (Å²) in [5, 5.41) is 18.0. The van der Waals surface area contributed by atoms with Gasteiger partial charge in [-0.05, 0) is 25.5 Å². The van der Waals surface area contributed by atoms with E-state index in [2.05, 4.69) is 4.98 Å². The number of rotatable bonds is 9. The van der Waals surface area contributed by atoms with E-state index in [1.165, 1.54) is 4.90 Å². The fourth-order valence-electron chi connectivity index (χ4n) is 1.82. The first-order valence-electron chi connectivity index (χ1n) is 7.04. The summed E-state index contributed by atoms with van der Waals surface area (Å²) in [6, 6.07) is 3.35. The third-order valence-electron chi connectivity index (χ3n) is 2.75. The van der Waals surface area contributed by atoms with Gasteiger partial charge in [-0.25, -0.2) is 15.1 Å². The smallest absolute Gasteiger partial charge is 0.254 e. The highest BCUT2D eigenvalue weighted by molar-refractivity contribution is 6.29. The van der Waals surface area contributed by atoms with Crippen LogP contribution in [0.4, 0.5) is 0 Å². The second-order valence-corrected chi connectivity index (χ2v) is 4.81. The van der Waals surface area contributed by atoms with Crippen LogP contribution in [0.2, 0.25) is 5.15 Å². The average molecular weight is 346 g/mol. The van der Waals surface area contributed by atoms with E-state index in [-0.39, 0.29) is 19.0 Å². The molecule has 1 aromatic rings. The number of nitrogens with one attached hydrogen (secondary N) is 2. The van der Waals surface area contributed by atoms with Crippen molar-refractivity contribution in [3.8, 4) is 0 Å². The lowest BCUT2D eigenvalue weighted by Gasteiger charge is -2.27. The number of aromatic nitrogens is 1. The zero-order chi connectivity index (χ0) is 17.2. The molecule has 0 aliphatic carbocycles. The van der Waals surface area contributed by atoms with Gasteiger partial charge in [0.2, 0.25) is 0 Å². The lowest BCUT2D eigenvalue weighted by molar-refractivity contribution is -0.526. The van der Waals surface area contributed by atoms with Crippen LogP contribution < -0.4 is 5.43 Å². The van der Waals surface area contributed by atoms with Gasteiger partial charge in [-0.1, -0.05) is 23.1 Å². The van der Waals surface area contributed by atoms with Crippen molar-refractivity contribution >= 4 is 17.6 Å².